The number of amides is 1. The van der Waals surface area contributed by atoms with Gasteiger partial charge in [0.25, 0.3) is 11.6 Å². The van der Waals surface area contributed by atoms with Crippen molar-refractivity contribution < 1.29 is 19.2 Å². The summed E-state index contributed by atoms with van der Waals surface area (Å²) >= 11 is 3.03. The van der Waals surface area contributed by atoms with Crippen LogP contribution in [-0.4, -0.2) is 15.9 Å². The number of phenols is 1. The number of phenolic OH excluding ortho intramolecular Hbond substituents is 1. The van der Waals surface area contributed by atoms with Crippen molar-refractivity contribution in [2.75, 3.05) is 5.32 Å². The summed E-state index contributed by atoms with van der Waals surface area (Å²) in [5.41, 5.74) is -0.677. The minimum atomic E-state index is -0.701. The Hall–Kier alpha value is -2.35. The average molecular weight is 327 g/mol. The van der Waals surface area contributed by atoms with Gasteiger partial charge in [-0.2, -0.15) is 0 Å². The van der Waals surface area contributed by atoms with Crippen LogP contribution in [0.25, 0.3) is 0 Å². The number of nitro groups is 1. The highest BCUT2D eigenvalue weighted by Gasteiger charge is 2.21. The number of hydrogen-bond acceptors (Lipinski definition) is 5. The fraction of sp³-hybridized carbons (Fsp3) is 0. The van der Waals surface area contributed by atoms with E-state index < -0.39 is 22.3 Å². The summed E-state index contributed by atoms with van der Waals surface area (Å²) in [6.45, 7) is 0. The number of benzene rings is 1. The van der Waals surface area contributed by atoms with Gasteiger partial charge in [-0.05, 0) is 34.1 Å². The van der Waals surface area contributed by atoms with Crippen LogP contribution in [0.3, 0.4) is 0 Å². The Bertz CT molecular complexity index is 652. The average Bonchev–Trinajstić information content (AvgIpc) is 2.78. The molecular weight excluding hydrogens is 320 g/mol. The molecule has 8 heteroatoms. The molecule has 0 atom stereocenters. The molecule has 1 heterocycles. The van der Waals surface area contributed by atoms with E-state index in [0.29, 0.717) is 4.67 Å². The lowest BCUT2D eigenvalue weighted by Crippen LogP contribution is -2.12. The van der Waals surface area contributed by atoms with Crippen LogP contribution in [-0.2, 0) is 0 Å². The number of rotatable bonds is 3. The Kier molecular flexibility index (Phi) is 3.52. The maximum Gasteiger partial charge on any atom is 0.296 e. The van der Waals surface area contributed by atoms with E-state index in [9.17, 15) is 20.0 Å². The fourth-order valence-corrected chi connectivity index (χ4v) is 1.73. The lowest BCUT2D eigenvalue weighted by molar-refractivity contribution is -0.384. The number of anilines is 1. The lowest BCUT2D eigenvalue weighted by Gasteiger charge is -2.06. The van der Waals surface area contributed by atoms with Gasteiger partial charge in [-0.1, -0.05) is 6.07 Å². The van der Waals surface area contributed by atoms with E-state index in [1.165, 1.54) is 30.3 Å². The maximum atomic E-state index is 11.8. The Morgan fingerprint density at radius 1 is 1.37 bits per heavy atom. The molecule has 2 aromatic rings. The van der Waals surface area contributed by atoms with Crippen molar-refractivity contribution in [1.29, 1.82) is 0 Å². The Labute approximate surface area is 115 Å². The summed E-state index contributed by atoms with van der Waals surface area (Å²) in [5, 5.41) is 22.6. The van der Waals surface area contributed by atoms with Gasteiger partial charge in [0.05, 0.1) is 4.92 Å². The molecule has 0 saturated carbocycles. The summed E-state index contributed by atoms with van der Waals surface area (Å²) in [5.74, 6) is -1.13. The smallest absolute Gasteiger partial charge is 0.296 e. The van der Waals surface area contributed by atoms with Crippen LogP contribution in [0, 0.1) is 10.1 Å². The molecule has 19 heavy (non-hydrogen) atoms. The van der Waals surface area contributed by atoms with Crippen LogP contribution < -0.4 is 5.32 Å². The summed E-state index contributed by atoms with van der Waals surface area (Å²) < 4.78 is 5.36. The van der Waals surface area contributed by atoms with Gasteiger partial charge in [-0.25, -0.2) is 0 Å². The standard InChI is InChI=1S/C11H7BrN2O5/c12-9-5-4-8(19-9)11(16)13-10-6(14(17)18)2-1-3-7(10)15/h1-5,15H,(H,13,16). The molecule has 2 N–H and O–H groups in total. The van der Waals surface area contributed by atoms with Crippen molar-refractivity contribution in [2.24, 2.45) is 0 Å². The number of furan rings is 1. The second-order valence-electron chi connectivity index (χ2n) is 3.49. The summed E-state index contributed by atoms with van der Waals surface area (Å²) in [4.78, 5) is 21.9. The number of nitro benzene ring substituents is 1. The summed E-state index contributed by atoms with van der Waals surface area (Å²) in [6.07, 6.45) is 0. The predicted octanol–water partition coefficient (Wildman–Crippen LogP) is 2.91. The van der Waals surface area contributed by atoms with E-state index in [2.05, 4.69) is 21.2 Å². The molecule has 0 fully saturated rings. The van der Waals surface area contributed by atoms with Gasteiger partial charge in [-0.15, -0.1) is 0 Å². The van der Waals surface area contributed by atoms with Gasteiger partial charge in [-0.3, -0.25) is 14.9 Å². The molecule has 1 aromatic carbocycles. The number of aromatic hydroxyl groups is 1. The molecule has 0 bridgehead atoms. The molecule has 98 valence electrons. The molecule has 2 rings (SSSR count). The van der Waals surface area contributed by atoms with E-state index in [1.54, 1.807) is 0 Å². The van der Waals surface area contributed by atoms with E-state index in [-0.39, 0.29) is 11.4 Å². The number of nitrogens with one attached hydrogen (secondary N) is 1. The van der Waals surface area contributed by atoms with Gasteiger partial charge in [0.1, 0.15) is 5.75 Å². The number of nitrogens with zero attached hydrogens (tertiary/aromatic N) is 1. The molecule has 0 spiro atoms. The molecule has 0 aliphatic heterocycles. The van der Waals surface area contributed by atoms with Crippen molar-refractivity contribution >= 4 is 33.2 Å². The molecule has 0 saturated heterocycles. The van der Waals surface area contributed by atoms with Crippen molar-refractivity contribution in [3.8, 4) is 5.75 Å². The summed E-state index contributed by atoms with van der Waals surface area (Å²) in [6, 6.07) is 6.63. The van der Waals surface area contributed by atoms with Crippen molar-refractivity contribution in [2.45, 2.75) is 0 Å². The minimum absolute atomic E-state index is 0.0376. The van der Waals surface area contributed by atoms with Gasteiger partial charge in [0.2, 0.25) is 0 Å². The highest BCUT2D eigenvalue weighted by Crippen LogP contribution is 2.33. The normalized spacial score (nSPS) is 10.2. The zero-order valence-corrected chi connectivity index (χ0v) is 10.9. The van der Waals surface area contributed by atoms with Crippen molar-refractivity contribution in [3.63, 3.8) is 0 Å². The molecule has 1 amide bonds. The van der Waals surface area contributed by atoms with E-state index in [0.717, 1.165) is 0 Å². The van der Waals surface area contributed by atoms with Crippen molar-refractivity contribution in [1.82, 2.24) is 0 Å². The predicted molar refractivity (Wildman–Crippen MR) is 69.1 cm³/mol. The Balaban J connectivity index is 2.33. The first kappa shape index (κ1) is 13.1. The van der Waals surface area contributed by atoms with E-state index >= 15 is 0 Å². The molecule has 0 unspecified atom stereocenters. The molecular formula is C11H7BrN2O5. The fourth-order valence-electron chi connectivity index (χ4n) is 1.42. The quantitative estimate of drug-likeness (QED) is 0.512. The number of carbonyl (C=O) groups is 1. The first-order valence-corrected chi connectivity index (χ1v) is 5.81. The molecule has 1 aromatic heterocycles. The topological polar surface area (TPSA) is 106 Å². The SMILES string of the molecule is O=C(Nc1c(O)cccc1[N+](=O)[O-])c1ccc(Br)o1. The molecule has 7 nitrogen and oxygen atoms in total. The Morgan fingerprint density at radius 3 is 2.68 bits per heavy atom. The monoisotopic (exact) mass is 326 g/mol. The number of para-hydroxylation sites is 1. The lowest BCUT2D eigenvalue weighted by atomic mass is 10.2. The maximum absolute atomic E-state index is 11.8. The molecule has 0 radical (unpaired) electrons. The summed E-state index contributed by atoms with van der Waals surface area (Å²) in [7, 11) is 0. The van der Waals surface area contributed by atoms with Crippen LogP contribution in [0.5, 0.6) is 5.75 Å². The number of halogens is 1. The third-order valence-corrected chi connectivity index (χ3v) is 2.68. The van der Waals surface area contributed by atoms with Crippen LogP contribution >= 0.6 is 15.9 Å². The third-order valence-electron chi connectivity index (χ3n) is 2.25. The third kappa shape index (κ3) is 2.74. The van der Waals surface area contributed by atoms with Crippen molar-refractivity contribution in [3.05, 3.63) is 50.9 Å². The number of carbonyl (C=O) groups excluding carboxylic acids is 1. The molecule has 0 aliphatic carbocycles. The van der Waals surface area contributed by atoms with Crippen LogP contribution in [0.15, 0.2) is 39.4 Å². The molecule has 0 aliphatic rings. The number of hydrogen-bond donors (Lipinski definition) is 2. The van der Waals surface area contributed by atoms with E-state index in [4.69, 9.17) is 4.42 Å². The minimum Gasteiger partial charge on any atom is -0.505 e. The van der Waals surface area contributed by atoms with Gasteiger partial charge >= 0.3 is 0 Å². The second-order valence-corrected chi connectivity index (χ2v) is 4.27. The second kappa shape index (κ2) is 5.11. The van der Waals surface area contributed by atoms with Crippen LogP contribution in [0.1, 0.15) is 10.6 Å². The largest absolute Gasteiger partial charge is 0.505 e. The zero-order chi connectivity index (χ0) is 14.0. The van der Waals surface area contributed by atoms with Gasteiger partial charge in [0.15, 0.2) is 16.1 Å². The van der Waals surface area contributed by atoms with Crippen LogP contribution in [0.4, 0.5) is 11.4 Å². The highest BCUT2D eigenvalue weighted by atomic mass is 79.9. The van der Waals surface area contributed by atoms with E-state index in [1.807, 2.05) is 0 Å². The van der Waals surface area contributed by atoms with Gasteiger partial charge in [0, 0.05) is 6.07 Å². The Morgan fingerprint density at radius 2 is 2.11 bits per heavy atom. The first-order chi connectivity index (χ1) is 8.99. The van der Waals surface area contributed by atoms with Gasteiger partial charge < -0.3 is 14.8 Å². The zero-order valence-electron chi connectivity index (χ0n) is 9.29. The van der Waals surface area contributed by atoms with Crippen LogP contribution in [0.2, 0.25) is 0 Å². The highest BCUT2D eigenvalue weighted by molar-refractivity contribution is 9.10. The first-order valence-electron chi connectivity index (χ1n) is 5.02.